The van der Waals surface area contributed by atoms with E-state index in [9.17, 15) is 14.4 Å². The second-order valence-corrected chi connectivity index (χ2v) is 7.69. The van der Waals surface area contributed by atoms with Gasteiger partial charge in [-0.2, -0.15) is 0 Å². The smallest absolute Gasteiger partial charge is 0.328 e. The fourth-order valence-electron chi connectivity index (χ4n) is 3.16. The van der Waals surface area contributed by atoms with E-state index >= 15 is 0 Å². The molecule has 0 bridgehead atoms. The van der Waals surface area contributed by atoms with E-state index in [0.29, 0.717) is 18.7 Å². The highest BCUT2D eigenvalue weighted by Gasteiger charge is 2.32. The van der Waals surface area contributed by atoms with Gasteiger partial charge < -0.3 is 15.0 Å². The van der Waals surface area contributed by atoms with Crippen molar-refractivity contribution in [2.45, 2.75) is 50.9 Å². The van der Waals surface area contributed by atoms with Crippen LogP contribution in [-0.2, 0) is 25.5 Å². The third-order valence-corrected chi connectivity index (χ3v) is 5.90. The van der Waals surface area contributed by atoms with E-state index in [-0.39, 0.29) is 17.2 Å². The standard InChI is InChI=1S/C20H28N2O4S/c1-4-15-8-10-16(11-9-15)19-22(18(24)13-27-19)12-6-5-7-17(20(25)26-3)21-14(2)23/h8-11,17,19H,4-7,12-13H2,1-3H3,(H,21,23). The molecule has 0 radical (unpaired) electrons. The Hall–Kier alpha value is -2.02. The quantitative estimate of drug-likeness (QED) is 0.517. The van der Waals surface area contributed by atoms with E-state index in [2.05, 4.69) is 36.5 Å². The second kappa shape index (κ2) is 10.3. The molecular weight excluding hydrogens is 364 g/mol. The van der Waals surface area contributed by atoms with Crippen molar-refractivity contribution in [3.63, 3.8) is 0 Å². The number of carbonyl (C=O) groups is 3. The zero-order valence-corrected chi connectivity index (χ0v) is 17.0. The topological polar surface area (TPSA) is 75.7 Å². The zero-order chi connectivity index (χ0) is 19.8. The Morgan fingerprint density at radius 2 is 2.00 bits per heavy atom. The lowest BCUT2D eigenvalue weighted by molar-refractivity contribution is -0.145. The number of hydrogen-bond acceptors (Lipinski definition) is 5. The predicted octanol–water partition coefficient (Wildman–Crippen LogP) is 2.67. The van der Waals surface area contributed by atoms with Gasteiger partial charge in [0.25, 0.3) is 0 Å². The van der Waals surface area contributed by atoms with Crippen LogP contribution in [0.2, 0.25) is 0 Å². The van der Waals surface area contributed by atoms with E-state index in [1.54, 1.807) is 11.8 Å². The normalized spacial score (nSPS) is 17.7. The molecular formula is C20H28N2O4S. The van der Waals surface area contributed by atoms with Gasteiger partial charge in [0.05, 0.1) is 12.9 Å². The minimum atomic E-state index is -0.631. The molecule has 6 nitrogen and oxygen atoms in total. The number of benzene rings is 1. The first-order valence-corrected chi connectivity index (χ1v) is 10.4. The highest BCUT2D eigenvalue weighted by Crippen LogP contribution is 2.38. The maximum absolute atomic E-state index is 12.3. The molecule has 1 aromatic rings. The van der Waals surface area contributed by atoms with Gasteiger partial charge in [0, 0.05) is 13.5 Å². The summed E-state index contributed by atoms with van der Waals surface area (Å²) < 4.78 is 4.73. The molecule has 27 heavy (non-hydrogen) atoms. The van der Waals surface area contributed by atoms with Crippen molar-refractivity contribution in [3.8, 4) is 0 Å². The van der Waals surface area contributed by atoms with Crippen molar-refractivity contribution in [2.24, 2.45) is 0 Å². The third kappa shape index (κ3) is 5.99. The van der Waals surface area contributed by atoms with Crippen molar-refractivity contribution in [1.29, 1.82) is 0 Å². The average molecular weight is 393 g/mol. The summed E-state index contributed by atoms with van der Waals surface area (Å²) in [6.45, 7) is 4.14. The van der Waals surface area contributed by atoms with E-state index in [1.165, 1.54) is 19.6 Å². The highest BCUT2D eigenvalue weighted by molar-refractivity contribution is 8.00. The molecule has 2 rings (SSSR count). The van der Waals surface area contributed by atoms with Gasteiger partial charge in [-0.3, -0.25) is 9.59 Å². The Balaban J connectivity index is 1.89. The molecule has 1 N–H and O–H groups in total. The molecule has 1 heterocycles. The van der Waals surface area contributed by atoms with Gasteiger partial charge in [-0.05, 0) is 36.8 Å². The number of hydrogen-bond donors (Lipinski definition) is 1. The van der Waals surface area contributed by atoms with Crippen LogP contribution in [0.3, 0.4) is 0 Å². The Labute approximate surface area is 165 Å². The number of carbonyl (C=O) groups excluding carboxylic acids is 3. The molecule has 1 saturated heterocycles. The molecule has 1 aliphatic heterocycles. The fourth-order valence-corrected chi connectivity index (χ4v) is 4.38. The number of nitrogens with one attached hydrogen (secondary N) is 1. The lowest BCUT2D eigenvalue weighted by Crippen LogP contribution is -2.40. The van der Waals surface area contributed by atoms with Crippen molar-refractivity contribution < 1.29 is 19.1 Å². The predicted molar refractivity (Wildman–Crippen MR) is 106 cm³/mol. The van der Waals surface area contributed by atoms with E-state index in [1.807, 2.05) is 4.90 Å². The minimum absolute atomic E-state index is 0.0511. The summed E-state index contributed by atoms with van der Waals surface area (Å²) in [4.78, 5) is 37.2. The molecule has 1 aromatic carbocycles. The molecule has 1 fully saturated rings. The van der Waals surface area contributed by atoms with E-state index < -0.39 is 12.0 Å². The van der Waals surface area contributed by atoms with Crippen LogP contribution in [0.15, 0.2) is 24.3 Å². The highest BCUT2D eigenvalue weighted by atomic mass is 32.2. The first kappa shape index (κ1) is 21.3. The summed E-state index contributed by atoms with van der Waals surface area (Å²) >= 11 is 1.65. The van der Waals surface area contributed by atoms with Gasteiger partial charge in [-0.1, -0.05) is 31.2 Å². The van der Waals surface area contributed by atoms with Crippen LogP contribution in [0.25, 0.3) is 0 Å². The average Bonchev–Trinajstić information content (AvgIpc) is 3.03. The van der Waals surface area contributed by atoms with Crippen LogP contribution in [0.5, 0.6) is 0 Å². The Morgan fingerprint density at radius 1 is 1.30 bits per heavy atom. The lowest BCUT2D eigenvalue weighted by Gasteiger charge is -2.24. The first-order valence-electron chi connectivity index (χ1n) is 9.31. The van der Waals surface area contributed by atoms with Crippen LogP contribution in [0.4, 0.5) is 0 Å². The van der Waals surface area contributed by atoms with E-state index in [4.69, 9.17) is 4.74 Å². The Bertz CT molecular complexity index is 662. The van der Waals surface area contributed by atoms with Gasteiger partial charge in [0.1, 0.15) is 11.4 Å². The molecule has 1 aliphatic rings. The summed E-state index contributed by atoms with van der Waals surface area (Å²) in [6.07, 6.45) is 2.98. The summed E-state index contributed by atoms with van der Waals surface area (Å²) in [5.41, 5.74) is 2.43. The molecule has 0 spiro atoms. The lowest BCUT2D eigenvalue weighted by atomic mass is 10.1. The largest absolute Gasteiger partial charge is 0.467 e. The molecule has 148 valence electrons. The number of unbranched alkanes of at least 4 members (excludes halogenated alkanes) is 1. The first-order chi connectivity index (χ1) is 13.0. The summed E-state index contributed by atoms with van der Waals surface area (Å²) in [6, 6.07) is 7.81. The third-order valence-electron chi connectivity index (χ3n) is 4.65. The summed E-state index contributed by atoms with van der Waals surface area (Å²) in [5.74, 6) is -0.0494. The fraction of sp³-hybridized carbons (Fsp3) is 0.550. The van der Waals surface area contributed by atoms with Gasteiger partial charge in [-0.25, -0.2) is 4.79 Å². The maximum Gasteiger partial charge on any atom is 0.328 e. The van der Waals surface area contributed by atoms with E-state index in [0.717, 1.165) is 24.8 Å². The number of rotatable bonds is 9. The van der Waals surface area contributed by atoms with Crippen LogP contribution >= 0.6 is 11.8 Å². The molecule has 0 aliphatic carbocycles. The zero-order valence-electron chi connectivity index (χ0n) is 16.2. The number of thioether (sulfide) groups is 1. The number of aryl methyl sites for hydroxylation is 1. The molecule has 2 atom stereocenters. The molecule has 2 amide bonds. The monoisotopic (exact) mass is 392 g/mol. The van der Waals surface area contributed by atoms with Crippen molar-refractivity contribution in [3.05, 3.63) is 35.4 Å². The number of esters is 1. The maximum atomic E-state index is 12.3. The SMILES string of the molecule is CCc1ccc(C2SCC(=O)N2CCCCC(NC(C)=O)C(=O)OC)cc1. The van der Waals surface area contributed by atoms with Crippen molar-refractivity contribution in [2.75, 3.05) is 19.4 Å². The number of nitrogens with zero attached hydrogens (tertiary/aromatic N) is 1. The van der Waals surface area contributed by atoms with Crippen molar-refractivity contribution >= 4 is 29.5 Å². The molecule has 0 aromatic heterocycles. The minimum Gasteiger partial charge on any atom is -0.467 e. The number of ether oxygens (including phenoxy) is 1. The second-order valence-electron chi connectivity index (χ2n) is 6.62. The van der Waals surface area contributed by atoms with Gasteiger partial charge in [0.15, 0.2) is 0 Å². The number of methoxy groups -OCH3 is 1. The van der Waals surface area contributed by atoms with Gasteiger partial charge in [-0.15, -0.1) is 11.8 Å². The number of amides is 2. The molecule has 7 heteroatoms. The van der Waals surface area contributed by atoms with Crippen molar-refractivity contribution in [1.82, 2.24) is 10.2 Å². The van der Waals surface area contributed by atoms with Crippen LogP contribution in [-0.4, -0.2) is 48.1 Å². The summed E-state index contributed by atoms with van der Waals surface area (Å²) in [7, 11) is 1.31. The van der Waals surface area contributed by atoms with Gasteiger partial charge in [0.2, 0.25) is 11.8 Å². The molecule has 2 unspecified atom stereocenters. The van der Waals surface area contributed by atoms with Crippen LogP contribution < -0.4 is 5.32 Å². The summed E-state index contributed by atoms with van der Waals surface area (Å²) in [5, 5.41) is 2.67. The molecule has 0 saturated carbocycles. The van der Waals surface area contributed by atoms with Crippen LogP contribution in [0.1, 0.15) is 49.6 Å². The van der Waals surface area contributed by atoms with Crippen LogP contribution in [0, 0.1) is 0 Å². The van der Waals surface area contributed by atoms with Gasteiger partial charge >= 0.3 is 5.97 Å². The Morgan fingerprint density at radius 3 is 2.59 bits per heavy atom. The Kier molecular flexibility index (Phi) is 8.16.